The molecule has 3 nitrogen and oxygen atoms in total. The number of halogens is 1. The van der Waals surface area contributed by atoms with Crippen LogP contribution in [0.3, 0.4) is 0 Å². The molecule has 1 unspecified atom stereocenters. The number of hydrogen-bond donors (Lipinski definition) is 2. The zero-order chi connectivity index (χ0) is 15.4. The van der Waals surface area contributed by atoms with E-state index in [2.05, 4.69) is 17.6 Å². The third-order valence-electron chi connectivity index (χ3n) is 3.55. The van der Waals surface area contributed by atoms with E-state index in [-0.39, 0.29) is 11.9 Å². The molecule has 1 amide bonds. The molecule has 0 saturated heterocycles. The summed E-state index contributed by atoms with van der Waals surface area (Å²) in [4.78, 5) is 11.8. The van der Waals surface area contributed by atoms with Crippen molar-refractivity contribution in [2.24, 2.45) is 0 Å². The summed E-state index contributed by atoms with van der Waals surface area (Å²) < 4.78 is 0. The second kappa shape index (κ2) is 6.64. The monoisotopic (exact) mass is 302 g/mol. The number of nitrogens with one attached hydrogen (secondary N) is 2. The van der Waals surface area contributed by atoms with Gasteiger partial charge in [0.15, 0.2) is 0 Å². The van der Waals surface area contributed by atoms with Crippen molar-refractivity contribution in [3.05, 3.63) is 64.2 Å². The third-order valence-corrected chi connectivity index (χ3v) is 3.80. The second-order valence-corrected chi connectivity index (χ2v) is 5.41. The first-order valence-corrected chi connectivity index (χ1v) is 7.24. The van der Waals surface area contributed by atoms with Crippen molar-refractivity contribution in [1.29, 1.82) is 0 Å². The molecule has 110 valence electrons. The van der Waals surface area contributed by atoms with Gasteiger partial charge in [0, 0.05) is 29.4 Å². The highest BCUT2D eigenvalue weighted by atomic mass is 35.5. The first kappa shape index (κ1) is 15.4. The summed E-state index contributed by atoms with van der Waals surface area (Å²) in [5, 5.41) is 6.83. The number of amides is 1. The summed E-state index contributed by atoms with van der Waals surface area (Å²) in [6.07, 6.45) is 0. The van der Waals surface area contributed by atoms with Crippen molar-refractivity contribution in [2.45, 2.75) is 19.9 Å². The van der Waals surface area contributed by atoms with Gasteiger partial charge in [-0.1, -0.05) is 29.8 Å². The fourth-order valence-electron chi connectivity index (χ4n) is 2.24. The topological polar surface area (TPSA) is 41.1 Å². The minimum absolute atomic E-state index is 0.0738. The summed E-state index contributed by atoms with van der Waals surface area (Å²) in [5.74, 6) is -0.0738. The lowest BCUT2D eigenvalue weighted by Crippen LogP contribution is -2.19. The van der Waals surface area contributed by atoms with Crippen LogP contribution in [-0.4, -0.2) is 13.0 Å². The van der Waals surface area contributed by atoms with E-state index in [1.807, 2.05) is 49.4 Å². The molecule has 0 heterocycles. The number of benzene rings is 2. The molecule has 0 saturated carbocycles. The van der Waals surface area contributed by atoms with Crippen molar-refractivity contribution in [3.63, 3.8) is 0 Å². The van der Waals surface area contributed by atoms with Gasteiger partial charge in [-0.05, 0) is 49.2 Å². The van der Waals surface area contributed by atoms with Gasteiger partial charge in [-0.25, -0.2) is 0 Å². The lowest BCUT2D eigenvalue weighted by molar-refractivity contribution is 0.0962. The van der Waals surface area contributed by atoms with Gasteiger partial charge in [-0.2, -0.15) is 0 Å². The molecule has 0 aromatic heterocycles. The fraction of sp³-hybridized carbons (Fsp3) is 0.235. The molecule has 0 bridgehead atoms. The molecule has 0 fully saturated rings. The van der Waals surface area contributed by atoms with Gasteiger partial charge >= 0.3 is 0 Å². The molecular weight excluding hydrogens is 284 g/mol. The van der Waals surface area contributed by atoms with Gasteiger partial charge in [0.25, 0.3) is 5.91 Å². The van der Waals surface area contributed by atoms with Gasteiger partial charge < -0.3 is 10.6 Å². The Labute approximate surface area is 130 Å². The number of rotatable bonds is 4. The summed E-state index contributed by atoms with van der Waals surface area (Å²) in [6.45, 7) is 4.02. The van der Waals surface area contributed by atoms with Crippen LogP contribution in [0.5, 0.6) is 0 Å². The first-order valence-electron chi connectivity index (χ1n) is 6.86. The quantitative estimate of drug-likeness (QED) is 0.889. The number of hydrogen-bond acceptors (Lipinski definition) is 2. The van der Waals surface area contributed by atoms with Crippen LogP contribution < -0.4 is 10.6 Å². The SMILES string of the molecule is CNC(=O)c1cccc(NC(C)c2ccc(Cl)cc2)c1C. The Morgan fingerprint density at radius 3 is 2.43 bits per heavy atom. The van der Waals surface area contributed by atoms with Crippen LogP contribution in [0.2, 0.25) is 5.02 Å². The smallest absolute Gasteiger partial charge is 0.251 e. The summed E-state index contributed by atoms with van der Waals surface area (Å²) in [5.41, 5.74) is 3.73. The second-order valence-electron chi connectivity index (χ2n) is 4.97. The molecule has 2 aromatic rings. The highest BCUT2D eigenvalue weighted by molar-refractivity contribution is 6.30. The maximum atomic E-state index is 11.8. The van der Waals surface area contributed by atoms with Crippen LogP contribution in [0, 0.1) is 6.92 Å². The minimum Gasteiger partial charge on any atom is -0.378 e. The summed E-state index contributed by atoms with van der Waals surface area (Å²) in [7, 11) is 1.64. The number of anilines is 1. The molecule has 2 rings (SSSR count). The van der Waals surface area contributed by atoms with Gasteiger partial charge in [0.05, 0.1) is 0 Å². The Bertz CT molecular complexity index is 638. The molecule has 2 N–H and O–H groups in total. The minimum atomic E-state index is -0.0738. The largest absolute Gasteiger partial charge is 0.378 e. The van der Waals surface area contributed by atoms with Crippen LogP contribution in [0.1, 0.15) is 34.5 Å². The summed E-state index contributed by atoms with van der Waals surface area (Å²) in [6, 6.07) is 13.6. The van der Waals surface area contributed by atoms with E-state index in [1.165, 1.54) is 0 Å². The van der Waals surface area contributed by atoms with E-state index in [1.54, 1.807) is 7.05 Å². The van der Waals surface area contributed by atoms with Crippen LogP contribution in [0.25, 0.3) is 0 Å². The van der Waals surface area contributed by atoms with Crippen LogP contribution >= 0.6 is 11.6 Å². The van der Waals surface area contributed by atoms with Crippen molar-refractivity contribution in [3.8, 4) is 0 Å². The average molecular weight is 303 g/mol. The van der Waals surface area contributed by atoms with E-state index >= 15 is 0 Å². The summed E-state index contributed by atoms with van der Waals surface area (Å²) >= 11 is 5.91. The zero-order valence-corrected chi connectivity index (χ0v) is 13.2. The van der Waals surface area contributed by atoms with Crippen LogP contribution in [0.4, 0.5) is 5.69 Å². The zero-order valence-electron chi connectivity index (χ0n) is 12.4. The standard InChI is InChI=1S/C17H19ClN2O/c1-11-15(17(21)19-3)5-4-6-16(11)20-12(2)13-7-9-14(18)10-8-13/h4-10,12,20H,1-3H3,(H,19,21). The fourth-order valence-corrected chi connectivity index (χ4v) is 2.37. The molecule has 4 heteroatoms. The highest BCUT2D eigenvalue weighted by Gasteiger charge is 2.12. The van der Waals surface area contributed by atoms with E-state index in [0.29, 0.717) is 5.56 Å². The molecule has 0 radical (unpaired) electrons. The van der Waals surface area contributed by atoms with Crippen molar-refractivity contribution >= 4 is 23.2 Å². The molecule has 2 aromatic carbocycles. The molecular formula is C17H19ClN2O. The van der Waals surface area contributed by atoms with Crippen LogP contribution in [0.15, 0.2) is 42.5 Å². The van der Waals surface area contributed by atoms with Gasteiger partial charge in [0.2, 0.25) is 0 Å². The predicted octanol–water partition coefficient (Wildman–Crippen LogP) is 4.18. The van der Waals surface area contributed by atoms with E-state index in [0.717, 1.165) is 21.8 Å². The maximum absolute atomic E-state index is 11.8. The molecule has 21 heavy (non-hydrogen) atoms. The lowest BCUT2D eigenvalue weighted by atomic mass is 10.0. The van der Waals surface area contributed by atoms with Crippen LogP contribution in [-0.2, 0) is 0 Å². The normalized spacial score (nSPS) is 11.8. The third kappa shape index (κ3) is 3.56. The number of carbonyl (C=O) groups excluding carboxylic acids is 1. The lowest BCUT2D eigenvalue weighted by Gasteiger charge is -2.19. The molecule has 0 aliphatic rings. The van der Waals surface area contributed by atoms with Crippen molar-refractivity contribution in [1.82, 2.24) is 5.32 Å². The van der Waals surface area contributed by atoms with Gasteiger partial charge in [0.1, 0.15) is 0 Å². The van der Waals surface area contributed by atoms with Crippen molar-refractivity contribution in [2.75, 3.05) is 12.4 Å². The Morgan fingerprint density at radius 1 is 1.14 bits per heavy atom. The Kier molecular flexibility index (Phi) is 4.86. The molecule has 0 spiro atoms. The number of carbonyl (C=O) groups is 1. The van der Waals surface area contributed by atoms with E-state index < -0.39 is 0 Å². The highest BCUT2D eigenvalue weighted by Crippen LogP contribution is 2.25. The Morgan fingerprint density at radius 2 is 1.81 bits per heavy atom. The average Bonchev–Trinajstić information content (AvgIpc) is 2.49. The maximum Gasteiger partial charge on any atom is 0.251 e. The molecule has 0 aliphatic heterocycles. The van der Waals surface area contributed by atoms with E-state index in [4.69, 9.17) is 11.6 Å². The Hall–Kier alpha value is -2.00. The predicted molar refractivity (Wildman–Crippen MR) is 88.1 cm³/mol. The Balaban J connectivity index is 2.23. The first-order chi connectivity index (χ1) is 10.0. The van der Waals surface area contributed by atoms with Crippen molar-refractivity contribution < 1.29 is 4.79 Å². The molecule has 1 atom stereocenters. The van der Waals surface area contributed by atoms with Gasteiger partial charge in [-0.15, -0.1) is 0 Å². The van der Waals surface area contributed by atoms with Gasteiger partial charge in [-0.3, -0.25) is 4.79 Å². The molecule has 0 aliphatic carbocycles. The van der Waals surface area contributed by atoms with E-state index in [9.17, 15) is 4.79 Å².